The quantitative estimate of drug-likeness (QED) is 0.683. The number of hydrogen-bond donors (Lipinski definition) is 2. The molecule has 1 fully saturated rings. The van der Waals surface area contributed by atoms with Crippen LogP contribution in [0.3, 0.4) is 0 Å². The number of rotatable bonds is 6. The molecule has 1 saturated heterocycles. The number of carbonyl (C=O) groups excluding carboxylic acids is 2. The summed E-state index contributed by atoms with van der Waals surface area (Å²) in [6, 6.07) is 8.01. The SMILES string of the molecule is CC(C)CNC(=O)C(=O)NC[C@H]1OCCN1S(=O)(=O)c1ccccc1. The lowest BCUT2D eigenvalue weighted by atomic mass is 10.2. The van der Waals surface area contributed by atoms with Crippen molar-refractivity contribution in [2.45, 2.75) is 25.0 Å². The molecule has 0 spiro atoms. The lowest BCUT2D eigenvalue weighted by molar-refractivity contribution is -0.139. The van der Waals surface area contributed by atoms with E-state index < -0.39 is 28.1 Å². The van der Waals surface area contributed by atoms with Gasteiger partial charge in [-0.25, -0.2) is 8.42 Å². The van der Waals surface area contributed by atoms with E-state index in [4.69, 9.17) is 4.74 Å². The van der Waals surface area contributed by atoms with Gasteiger partial charge in [-0.05, 0) is 18.1 Å². The van der Waals surface area contributed by atoms with Gasteiger partial charge in [-0.1, -0.05) is 32.0 Å². The summed E-state index contributed by atoms with van der Waals surface area (Å²) in [5.74, 6) is -1.33. The van der Waals surface area contributed by atoms with E-state index in [-0.39, 0.29) is 30.5 Å². The number of nitrogens with zero attached hydrogens (tertiary/aromatic N) is 1. The molecule has 1 aliphatic rings. The van der Waals surface area contributed by atoms with Crippen LogP contribution in [0.4, 0.5) is 0 Å². The van der Waals surface area contributed by atoms with E-state index in [1.807, 2.05) is 13.8 Å². The maximum Gasteiger partial charge on any atom is 0.309 e. The summed E-state index contributed by atoms with van der Waals surface area (Å²) < 4.78 is 31.9. The van der Waals surface area contributed by atoms with Crippen LogP contribution < -0.4 is 10.6 Å². The van der Waals surface area contributed by atoms with Gasteiger partial charge in [0.25, 0.3) is 0 Å². The first-order valence-electron chi connectivity index (χ1n) is 8.07. The highest BCUT2D eigenvalue weighted by molar-refractivity contribution is 7.89. The van der Waals surface area contributed by atoms with Crippen molar-refractivity contribution in [1.29, 1.82) is 0 Å². The third kappa shape index (κ3) is 5.00. The van der Waals surface area contributed by atoms with Gasteiger partial charge in [-0.3, -0.25) is 9.59 Å². The second kappa shape index (κ2) is 8.41. The van der Waals surface area contributed by atoms with Crippen molar-refractivity contribution in [2.75, 3.05) is 26.2 Å². The molecule has 1 aromatic carbocycles. The van der Waals surface area contributed by atoms with Gasteiger partial charge in [0.2, 0.25) is 10.0 Å². The molecular weight excluding hydrogens is 346 g/mol. The van der Waals surface area contributed by atoms with E-state index >= 15 is 0 Å². The maximum absolute atomic E-state index is 12.7. The van der Waals surface area contributed by atoms with Gasteiger partial charge in [0.1, 0.15) is 6.23 Å². The van der Waals surface area contributed by atoms with Crippen LogP contribution in [0.25, 0.3) is 0 Å². The molecule has 0 radical (unpaired) electrons. The molecule has 9 heteroatoms. The Bertz CT molecular complexity index is 706. The number of amides is 2. The van der Waals surface area contributed by atoms with Crippen LogP contribution in [0, 0.1) is 5.92 Å². The predicted molar refractivity (Wildman–Crippen MR) is 90.9 cm³/mol. The van der Waals surface area contributed by atoms with Crippen LogP contribution >= 0.6 is 0 Å². The van der Waals surface area contributed by atoms with Crippen molar-refractivity contribution in [3.05, 3.63) is 30.3 Å². The Balaban J connectivity index is 1.96. The average molecular weight is 369 g/mol. The van der Waals surface area contributed by atoms with Crippen LogP contribution in [0.2, 0.25) is 0 Å². The van der Waals surface area contributed by atoms with Gasteiger partial charge in [0, 0.05) is 13.1 Å². The zero-order chi connectivity index (χ0) is 18.4. The fourth-order valence-electron chi connectivity index (χ4n) is 2.31. The molecule has 2 amide bonds. The largest absolute Gasteiger partial charge is 0.359 e. The second-order valence-corrected chi connectivity index (χ2v) is 7.96. The van der Waals surface area contributed by atoms with Crippen LogP contribution in [-0.2, 0) is 24.3 Å². The van der Waals surface area contributed by atoms with Crippen LogP contribution in [0.5, 0.6) is 0 Å². The summed E-state index contributed by atoms with van der Waals surface area (Å²) in [6.45, 7) is 4.54. The minimum absolute atomic E-state index is 0.0972. The van der Waals surface area contributed by atoms with Crippen LogP contribution in [0.1, 0.15) is 13.8 Å². The summed E-state index contributed by atoms with van der Waals surface area (Å²) >= 11 is 0. The minimum atomic E-state index is -3.72. The molecule has 1 aromatic rings. The Hall–Kier alpha value is -1.97. The summed E-state index contributed by atoms with van der Waals surface area (Å²) in [7, 11) is -3.72. The number of nitrogens with one attached hydrogen (secondary N) is 2. The molecule has 8 nitrogen and oxygen atoms in total. The highest BCUT2D eigenvalue weighted by Gasteiger charge is 2.36. The standard InChI is InChI=1S/C16H23N3O5S/c1-12(2)10-17-15(20)16(21)18-11-14-19(8-9-24-14)25(22,23)13-6-4-3-5-7-13/h3-7,12,14H,8-11H2,1-2H3,(H,17,20)(H,18,21)/t14-/m1/s1. The third-order valence-electron chi connectivity index (χ3n) is 3.61. The Morgan fingerprint density at radius 2 is 1.84 bits per heavy atom. The molecule has 0 aliphatic carbocycles. The van der Waals surface area contributed by atoms with E-state index in [1.165, 1.54) is 16.4 Å². The summed E-state index contributed by atoms with van der Waals surface area (Å²) in [4.78, 5) is 23.6. The molecular formula is C16H23N3O5S. The zero-order valence-electron chi connectivity index (χ0n) is 14.3. The Morgan fingerprint density at radius 3 is 2.48 bits per heavy atom. The lowest BCUT2D eigenvalue weighted by Crippen LogP contribution is -2.47. The van der Waals surface area contributed by atoms with Crippen molar-refractivity contribution in [3.63, 3.8) is 0 Å². The van der Waals surface area contributed by atoms with Gasteiger partial charge in [0.15, 0.2) is 0 Å². The number of carbonyl (C=O) groups is 2. The van der Waals surface area contributed by atoms with Crippen molar-refractivity contribution < 1.29 is 22.7 Å². The van der Waals surface area contributed by atoms with Crippen molar-refractivity contribution in [1.82, 2.24) is 14.9 Å². The van der Waals surface area contributed by atoms with Gasteiger partial charge >= 0.3 is 11.8 Å². The molecule has 2 rings (SSSR count). The summed E-state index contributed by atoms with van der Waals surface area (Å²) in [5, 5.41) is 4.92. The molecule has 0 aromatic heterocycles. The minimum Gasteiger partial charge on any atom is -0.359 e. The molecule has 1 aliphatic heterocycles. The van der Waals surface area contributed by atoms with E-state index in [9.17, 15) is 18.0 Å². The van der Waals surface area contributed by atoms with Crippen LogP contribution in [-0.4, -0.2) is 57.0 Å². The number of sulfonamides is 1. The molecule has 0 bridgehead atoms. The monoisotopic (exact) mass is 369 g/mol. The summed E-state index contributed by atoms with van der Waals surface area (Å²) in [5.41, 5.74) is 0. The lowest BCUT2D eigenvalue weighted by Gasteiger charge is -2.22. The third-order valence-corrected chi connectivity index (χ3v) is 5.51. The number of hydrogen-bond acceptors (Lipinski definition) is 5. The Kier molecular flexibility index (Phi) is 6.51. The maximum atomic E-state index is 12.7. The van der Waals surface area contributed by atoms with Crippen molar-refractivity contribution in [3.8, 4) is 0 Å². The highest BCUT2D eigenvalue weighted by Crippen LogP contribution is 2.21. The smallest absolute Gasteiger partial charge is 0.309 e. The fourth-order valence-corrected chi connectivity index (χ4v) is 3.84. The molecule has 0 unspecified atom stereocenters. The molecule has 0 saturated carbocycles. The highest BCUT2D eigenvalue weighted by atomic mass is 32.2. The molecule has 2 N–H and O–H groups in total. The first-order chi connectivity index (χ1) is 11.8. The van der Waals surface area contributed by atoms with E-state index in [2.05, 4.69) is 10.6 Å². The van der Waals surface area contributed by atoms with E-state index in [0.717, 1.165) is 0 Å². The second-order valence-electron chi connectivity index (χ2n) is 6.07. The van der Waals surface area contributed by atoms with E-state index in [0.29, 0.717) is 6.54 Å². The van der Waals surface area contributed by atoms with Gasteiger partial charge < -0.3 is 15.4 Å². The topological polar surface area (TPSA) is 105 Å². The molecule has 1 heterocycles. The molecule has 25 heavy (non-hydrogen) atoms. The predicted octanol–water partition coefficient (Wildman–Crippen LogP) is -0.0780. The average Bonchev–Trinajstić information content (AvgIpc) is 3.07. The normalized spacial score (nSPS) is 18.3. The van der Waals surface area contributed by atoms with Crippen molar-refractivity contribution in [2.24, 2.45) is 5.92 Å². The van der Waals surface area contributed by atoms with Gasteiger partial charge in [0.05, 0.1) is 18.0 Å². The fraction of sp³-hybridized carbons (Fsp3) is 0.500. The van der Waals surface area contributed by atoms with Gasteiger partial charge in [-0.2, -0.15) is 4.31 Å². The Morgan fingerprint density at radius 1 is 1.20 bits per heavy atom. The summed E-state index contributed by atoms with van der Waals surface area (Å²) in [6.07, 6.45) is -0.841. The zero-order valence-corrected chi connectivity index (χ0v) is 15.1. The van der Waals surface area contributed by atoms with Gasteiger partial charge in [-0.15, -0.1) is 0 Å². The van der Waals surface area contributed by atoms with Crippen LogP contribution in [0.15, 0.2) is 35.2 Å². The number of benzene rings is 1. The van der Waals surface area contributed by atoms with E-state index in [1.54, 1.807) is 18.2 Å². The molecule has 1 atom stereocenters. The van der Waals surface area contributed by atoms with Crippen molar-refractivity contribution >= 4 is 21.8 Å². The first kappa shape index (κ1) is 19.4. The Labute approximate surface area is 147 Å². The molecule has 138 valence electrons. The first-order valence-corrected chi connectivity index (χ1v) is 9.51. The number of ether oxygens (including phenoxy) is 1.